The molecule has 3 N–H and O–H groups in total. The molecule has 1 aromatic carbocycles. The molecule has 3 rings (SSSR count). The summed E-state index contributed by atoms with van der Waals surface area (Å²) in [5.74, 6) is -2.62. The highest BCUT2D eigenvalue weighted by Crippen LogP contribution is 2.19. The molecule has 9 heteroatoms. The van der Waals surface area contributed by atoms with Crippen molar-refractivity contribution < 1.29 is 23.9 Å². The van der Waals surface area contributed by atoms with E-state index in [1.165, 1.54) is 0 Å². The number of carbonyl (C=O) groups excluding carboxylic acids is 4. The third kappa shape index (κ3) is 7.00. The Bertz CT molecular complexity index is 986. The van der Waals surface area contributed by atoms with E-state index >= 15 is 0 Å². The maximum atomic E-state index is 13.1. The van der Waals surface area contributed by atoms with E-state index in [0.29, 0.717) is 25.8 Å². The van der Waals surface area contributed by atoms with Crippen molar-refractivity contribution in [1.82, 2.24) is 20.8 Å². The zero-order valence-electron chi connectivity index (χ0n) is 18.9. The second-order valence-electron chi connectivity index (χ2n) is 8.59. The minimum absolute atomic E-state index is 0.0825. The predicted molar refractivity (Wildman–Crippen MR) is 120 cm³/mol. The van der Waals surface area contributed by atoms with Gasteiger partial charge in [0, 0.05) is 31.0 Å². The number of aromatic nitrogens is 2. The third-order valence-corrected chi connectivity index (χ3v) is 5.65. The van der Waals surface area contributed by atoms with Crippen LogP contribution in [0.3, 0.4) is 0 Å². The zero-order valence-corrected chi connectivity index (χ0v) is 18.9. The van der Waals surface area contributed by atoms with E-state index < -0.39 is 29.7 Å². The van der Waals surface area contributed by atoms with Gasteiger partial charge in [-0.25, -0.2) is 4.79 Å². The number of aromatic amines is 1. The van der Waals surface area contributed by atoms with Crippen molar-refractivity contribution in [3.63, 3.8) is 0 Å². The molecule has 2 heterocycles. The lowest BCUT2D eigenvalue weighted by atomic mass is 9.87. The number of alkyl carbamates (subject to hydrolysis) is 1. The van der Waals surface area contributed by atoms with E-state index in [0.717, 1.165) is 17.0 Å². The first-order valence-electron chi connectivity index (χ1n) is 11.2. The maximum absolute atomic E-state index is 13.1. The van der Waals surface area contributed by atoms with Crippen LogP contribution in [0.15, 0.2) is 36.4 Å². The Labute approximate surface area is 192 Å². The SMILES string of the molecule is CC(C)C(NC(=O)OCc1ccccc1)C(=O)CC1CCc2cc(n[nH]2)CCNC(=O)C1=O. The minimum Gasteiger partial charge on any atom is -0.445 e. The van der Waals surface area contributed by atoms with Crippen LogP contribution in [0.25, 0.3) is 0 Å². The Hall–Kier alpha value is -3.49. The largest absolute Gasteiger partial charge is 0.445 e. The molecule has 1 aromatic heterocycles. The van der Waals surface area contributed by atoms with Gasteiger partial charge in [-0.05, 0) is 30.4 Å². The second-order valence-corrected chi connectivity index (χ2v) is 8.59. The van der Waals surface area contributed by atoms with Gasteiger partial charge in [0.05, 0.1) is 11.7 Å². The Balaban J connectivity index is 1.63. The zero-order chi connectivity index (χ0) is 23.8. The van der Waals surface area contributed by atoms with Crippen molar-refractivity contribution in [2.24, 2.45) is 11.8 Å². The van der Waals surface area contributed by atoms with Gasteiger partial charge in [0.25, 0.3) is 5.91 Å². The number of fused-ring (bicyclic) bond motifs is 2. The number of ether oxygens (including phenoxy) is 1. The average molecular weight is 455 g/mol. The fourth-order valence-electron chi connectivity index (χ4n) is 3.78. The average Bonchev–Trinajstić information content (AvgIpc) is 3.25. The molecule has 0 radical (unpaired) electrons. The van der Waals surface area contributed by atoms with Crippen molar-refractivity contribution in [3.8, 4) is 0 Å². The number of hydrogen-bond acceptors (Lipinski definition) is 6. The van der Waals surface area contributed by atoms with E-state index in [4.69, 9.17) is 4.74 Å². The smallest absolute Gasteiger partial charge is 0.408 e. The molecule has 1 aliphatic heterocycles. The lowest BCUT2D eigenvalue weighted by Gasteiger charge is -2.23. The van der Waals surface area contributed by atoms with Gasteiger partial charge in [0.1, 0.15) is 6.61 Å². The van der Waals surface area contributed by atoms with Gasteiger partial charge in [0.15, 0.2) is 5.78 Å². The molecule has 0 saturated carbocycles. The van der Waals surface area contributed by atoms with Crippen LogP contribution in [-0.4, -0.2) is 46.4 Å². The Kier molecular flexibility index (Phi) is 8.34. The van der Waals surface area contributed by atoms with Gasteiger partial charge < -0.3 is 15.4 Å². The van der Waals surface area contributed by atoms with Crippen molar-refractivity contribution >= 4 is 23.6 Å². The quantitative estimate of drug-likeness (QED) is 0.550. The number of carbonyl (C=O) groups is 4. The van der Waals surface area contributed by atoms with Gasteiger partial charge in [-0.15, -0.1) is 0 Å². The number of rotatable bonds is 7. The number of ketones is 2. The first-order chi connectivity index (χ1) is 15.8. The van der Waals surface area contributed by atoms with E-state index in [2.05, 4.69) is 20.8 Å². The molecule has 0 fully saturated rings. The van der Waals surface area contributed by atoms with Gasteiger partial charge >= 0.3 is 6.09 Å². The standard InChI is InChI=1S/C24H30N4O5/c1-15(2)21(26-24(32)33-14-16-6-4-3-5-7-16)20(29)12-17-8-9-18-13-19(28-27-18)10-11-25-23(31)22(17)30/h3-7,13,15,17,21H,8-12,14H2,1-2H3,(H,25,31)(H,26,32)(H,27,28). The summed E-state index contributed by atoms with van der Waals surface area (Å²) < 4.78 is 5.24. The highest BCUT2D eigenvalue weighted by molar-refractivity contribution is 6.37. The molecule has 2 atom stereocenters. The molecule has 33 heavy (non-hydrogen) atoms. The predicted octanol–water partition coefficient (Wildman–Crippen LogP) is 2.11. The molecular weight excluding hydrogens is 424 g/mol. The maximum Gasteiger partial charge on any atom is 0.408 e. The lowest BCUT2D eigenvalue weighted by molar-refractivity contribution is -0.141. The highest BCUT2D eigenvalue weighted by Gasteiger charge is 2.32. The Morgan fingerprint density at radius 1 is 1.18 bits per heavy atom. The number of nitrogens with zero attached hydrogens (tertiary/aromatic N) is 1. The number of nitrogens with one attached hydrogen (secondary N) is 3. The van der Waals surface area contributed by atoms with Crippen molar-refractivity contribution in [2.75, 3.05) is 6.54 Å². The summed E-state index contributed by atoms with van der Waals surface area (Å²) in [6, 6.07) is 10.3. The molecule has 0 spiro atoms. The topological polar surface area (TPSA) is 130 Å². The first kappa shape index (κ1) is 24.2. The van der Waals surface area contributed by atoms with Gasteiger partial charge in [-0.3, -0.25) is 19.5 Å². The second kappa shape index (κ2) is 11.4. The number of amides is 2. The first-order valence-corrected chi connectivity index (χ1v) is 11.2. The molecule has 1 aliphatic rings. The van der Waals surface area contributed by atoms with Crippen LogP contribution in [0.4, 0.5) is 4.79 Å². The fraction of sp³-hybridized carbons (Fsp3) is 0.458. The summed E-state index contributed by atoms with van der Waals surface area (Å²) >= 11 is 0. The molecule has 2 bridgehead atoms. The number of aryl methyl sites for hydroxylation is 1. The van der Waals surface area contributed by atoms with Crippen LogP contribution in [0.2, 0.25) is 0 Å². The normalized spacial score (nSPS) is 17.6. The summed E-state index contributed by atoms with van der Waals surface area (Å²) in [6.45, 7) is 3.98. The lowest BCUT2D eigenvalue weighted by Crippen LogP contribution is -2.46. The Morgan fingerprint density at radius 2 is 1.94 bits per heavy atom. The molecule has 0 saturated heterocycles. The van der Waals surface area contributed by atoms with Crippen LogP contribution < -0.4 is 10.6 Å². The number of hydrogen-bond donors (Lipinski definition) is 3. The minimum atomic E-state index is -0.832. The number of H-pyrrole nitrogens is 1. The van der Waals surface area contributed by atoms with Crippen molar-refractivity contribution in [2.45, 2.75) is 52.2 Å². The van der Waals surface area contributed by atoms with Crippen molar-refractivity contribution in [3.05, 3.63) is 53.3 Å². The molecule has 2 aromatic rings. The molecular formula is C24H30N4O5. The Morgan fingerprint density at radius 3 is 2.67 bits per heavy atom. The van der Waals surface area contributed by atoms with E-state index in [9.17, 15) is 19.2 Å². The molecule has 9 nitrogen and oxygen atoms in total. The molecule has 0 aliphatic carbocycles. The summed E-state index contributed by atoms with van der Waals surface area (Å²) in [5, 5.41) is 12.4. The summed E-state index contributed by atoms with van der Waals surface area (Å²) in [5.41, 5.74) is 2.49. The molecule has 176 valence electrons. The van der Waals surface area contributed by atoms with E-state index in [1.807, 2.05) is 36.4 Å². The van der Waals surface area contributed by atoms with Crippen LogP contribution >= 0.6 is 0 Å². The number of benzene rings is 1. The van der Waals surface area contributed by atoms with Crippen LogP contribution in [-0.2, 0) is 38.6 Å². The van der Waals surface area contributed by atoms with Crippen LogP contribution in [0.1, 0.15) is 43.6 Å². The summed E-state index contributed by atoms with van der Waals surface area (Å²) in [7, 11) is 0. The van der Waals surface area contributed by atoms with E-state index in [1.54, 1.807) is 13.8 Å². The van der Waals surface area contributed by atoms with Crippen LogP contribution in [0.5, 0.6) is 0 Å². The van der Waals surface area contributed by atoms with Gasteiger partial charge in [-0.2, -0.15) is 5.10 Å². The van der Waals surface area contributed by atoms with E-state index in [-0.39, 0.29) is 24.7 Å². The third-order valence-electron chi connectivity index (χ3n) is 5.65. The van der Waals surface area contributed by atoms with Crippen molar-refractivity contribution in [1.29, 1.82) is 0 Å². The summed E-state index contributed by atoms with van der Waals surface area (Å²) in [4.78, 5) is 50.4. The fourth-order valence-corrected chi connectivity index (χ4v) is 3.78. The highest BCUT2D eigenvalue weighted by atomic mass is 16.5. The van der Waals surface area contributed by atoms with Crippen LogP contribution in [0, 0.1) is 11.8 Å². The summed E-state index contributed by atoms with van der Waals surface area (Å²) in [6.07, 6.45) is 0.479. The molecule has 2 amide bonds. The monoisotopic (exact) mass is 454 g/mol. The van der Waals surface area contributed by atoms with Gasteiger partial charge in [-0.1, -0.05) is 44.2 Å². The number of Topliss-reactive ketones (excluding diaryl/α,β-unsaturated/α-hetero) is 2. The van der Waals surface area contributed by atoms with Gasteiger partial charge in [0.2, 0.25) is 5.78 Å². The molecule has 2 unspecified atom stereocenters.